The fourth-order valence-electron chi connectivity index (χ4n) is 4.22. The molecule has 1 heterocycles. The van der Waals surface area contributed by atoms with Crippen molar-refractivity contribution in [1.82, 2.24) is 0 Å². The monoisotopic (exact) mass is 262 g/mol. The lowest BCUT2D eigenvalue weighted by atomic mass is 9.80. The molecule has 0 spiro atoms. The molecular weight excluding hydrogens is 240 g/mol. The minimum atomic E-state index is -0.102. The summed E-state index contributed by atoms with van der Waals surface area (Å²) in [5.74, 6) is 0.856. The van der Waals surface area contributed by atoms with Crippen LogP contribution < -0.4 is 0 Å². The molecule has 3 heteroatoms. The predicted octanol–water partition coefficient (Wildman–Crippen LogP) is 2.72. The first-order valence-corrected chi connectivity index (χ1v) is 7.18. The zero-order chi connectivity index (χ0) is 13.6. The minimum Gasteiger partial charge on any atom is -0.461 e. The topological polar surface area (TPSA) is 35.5 Å². The molecule has 3 nitrogen and oxygen atoms in total. The van der Waals surface area contributed by atoms with Crippen LogP contribution in [0.2, 0.25) is 0 Å². The van der Waals surface area contributed by atoms with Crippen LogP contribution in [0.3, 0.4) is 0 Å². The van der Waals surface area contributed by atoms with Crippen molar-refractivity contribution in [3.05, 3.63) is 24.3 Å². The average Bonchev–Trinajstić information content (AvgIpc) is 2.85. The molecule has 1 saturated heterocycles. The fraction of sp³-hybridized carbons (Fsp3) is 0.688. The smallest absolute Gasteiger partial charge is 0.312 e. The highest BCUT2D eigenvalue weighted by Gasteiger charge is 2.53. The summed E-state index contributed by atoms with van der Waals surface area (Å²) >= 11 is 0. The van der Waals surface area contributed by atoms with E-state index in [1.54, 1.807) is 7.11 Å². The van der Waals surface area contributed by atoms with E-state index in [0.717, 1.165) is 25.7 Å². The fourth-order valence-corrected chi connectivity index (χ4v) is 4.22. The van der Waals surface area contributed by atoms with Gasteiger partial charge in [0, 0.05) is 18.9 Å². The van der Waals surface area contributed by atoms with E-state index < -0.39 is 0 Å². The summed E-state index contributed by atoms with van der Waals surface area (Å²) in [4.78, 5) is 12.1. The maximum absolute atomic E-state index is 12.1. The van der Waals surface area contributed by atoms with Gasteiger partial charge < -0.3 is 9.47 Å². The van der Waals surface area contributed by atoms with Gasteiger partial charge in [-0.1, -0.05) is 24.3 Å². The van der Waals surface area contributed by atoms with Gasteiger partial charge in [-0.2, -0.15) is 0 Å². The molecule has 0 unspecified atom stereocenters. The second kappa shape index (κ2) is 4.78. The molecule has 0 amide bonds. The van der Waals surface area contributed by atoms with Crippen LogP contribution in [-0.4, -0.2) is 25.8 Å². The number of ether oxygens (including phenoxy) is 2. The maximum Gasteiger partial charge on any atom is 0.312 e. The summed E-state index contributed by atoms with van der Waals surface area (Å²) < 4.78 is 10.9. The van der Waals surface area contributed by atoms with Crippen molar-refractivity contribution in [1.29, 1.82) is 0 Å². The van der Waals surface area contributed by atoms with E-state index >= 15 is 0 Å². The lowest BCUT2D eigenvalue weighted by molar-refractivity contribution is -0.146. The summed E-state index contributed by atoms with van der Waals surface area (Å²) in [5, 5.41) is 0. The van der Waals surface area contributed by atoms with Crippen LogP contribution in [-0.2, 0) is 14.3 Å². The number of esters is 1. The van der Waals surface area contributed by atoms with E-state index in [1.807, 2.05) is 0 Å². The van der Waals surface area contributed by atoms with Gasteiger partial charge in [0.05, 0.1) is 12.5 Å². The van der Waals surface area contributed by atoms with Crippen molar-refractivity contribution in [2.75, 3.05) is 13.7 Å². The zero-order valence-electron chi connectivity index (χ0n) is 11.6. The molecule has 5 atom stereocenters. The van der Waals surface area contributed by atoms with E-state index in [-0.39, 0.29) is 23.9 Å². The molecule has 0 bridgehead atoms. The summed E-state index contributed by atoms with van der Waals surface area (Å²) in [6, 6.07) is 0. The van der Waals surface area contributed by atoms with Crippen LogP contribution in [0.1, 0.15) is 25.7 Å². The molecule has 3 fully saturated rings. The molecular formula is C16H22O3. The number of carbonyl (C=O) groups excluding carboxylic acids is 1. The van der Waals surface area contributed by atoms with Crippen molar-refractivity contribution in [2.24, 2.45) is 23.7 Å². The van der Waals surface area contributed by atoms with Crippen molar-refractivity contribution in [3.63, 3.8) is 0 Å². The number of fused-ring (bicyclic) bond motifs is 3. The standard InChI is InChI=1S/C16H22O3/c1-9-4-7-12-13(8-18-3)16(17)19-15(12)14-10(2)5-6-11(9)14/h11-15H,1-2,4-8H2,3H3/t11-,12-,13-,14-,15+/m0/s1. The lowest BCUT2D eigenvalue weighted by Gasteiger charge is -2.26. The van der Waals surface area contributed by atoms with Crippen molar-refractivity contribution < 1.29 is 14.3 Å². The van der Waals surface area contributed by atoms with Gasteiger partial charge in [-0.05, 0) is 31.6 Å². The first kappa shape index (κ1) is 12.9. The van der Waals surface area contributed by atoms with Gasteiger partial charge in [-0.3, -0.25) is 4.79 Å². The van der Waals surface area contributed by atoms with Crippen LogP contribution in [0.4, 0.5) is 0 Å². The highest BCUT2D eigenvalue weighted by atomic mass is 16.6. The van der Waals surface area contributed by atoms with Crippen LogP contribution in [0.5, 0.6) is 0 Å². The van der Waals surface area contributed by atoms with Crippen LogP contribution in [0, 0.1) is 23.7 Å². The molecule has 0 N–H and O–H groups in total. The second-order valence-corrected chi connectivity index (χ2v) is 6.15. The summed E-state index contributed by atoms with van der Waals surface area (Å²) in [6.45, 7) is 8.93. The van der Waals surface area contributed by atoms with E-state index in [0.29, 0.717) is 18.4 Å². The molecule has 19 heavy (non-hydrogen) atoms. The Morgan fingerprint density at radius 2 is 2.00 bits per heavy atom. The SMILES string of the molecule is C=C1CC[C@H]2C(=C)CC[C@@H]3[C@@H](OC(=O)[C@H]3COC)[C@@H]12. The molecule has 0 radical (unpaired) electrons. The van der Waals surface area contributed by atoms with Gasteiger partial charge in [0.2, 0.25) is 0 Å². The Morgan fingerprint density at radius 1 is 1.26 bits per heavy atom. The summed E-state index contributed by atoms with van der Waals surface area (Å²) in [5.41, 5.74) is 2.57. The van der Waals surface area contributed by atoms with Crippen LogP contribution in [0.15, 0.2) is 24.3 Å². The Labute approximate surface area is 114 Å². The minimum absolute atomic E-state index is 0.00639. The van der Waals surface area contributed by atoms with Gasteiger partial charge in [-0.15, -0.1) is 0 Å². The third kappa shape index (κ3) is 1.95. The van der Waals surface area contributed by atoms with Gasteiger partial charge in [0.15, 0.2) is 0 Å². The van der Waals surface area contributed by atoms with E-state index in [1.165, 1.54) is 11.1 Å². The number of allylic oxidation sites excluding steroid dienone is 1. The molecule has 0 aromatic rings. The Bertz CT molecular complexity index is 426. The van der Waals surface area contributed by atoms with E-state index in [9.17, 15) is 4.79 Å². The van der Waals surface area contributed by atoms with Crippen molar-refractivity contribution in [3.8, 4) is 0 Å². The largest absolute Gasteiger partial charge is 0.461 e. The van der Waals surface area contributed by atoms with Crippen LogP contribution in [0.25, 0.3) is 0 Å². The number of methoxy groups -OCH3 is 1. The Kier molecular flexibility index (Phi) is 3.25. The van der Waals surface area contributed by atoms with Gasteiger partial charge >= 0.3 is 5.97 Å². The Morgan fingerprint density at radius 3 is 2.74 bits per heavy atom. The van der Waals surface area contributed by atoms with Gasteiger partial charge in [0.1, 0.15) is 6.10 Å². The molecule has 104 valence electrons. The quantitative estimate of drug-likeness (QED) is 0.567. The maximum atomic E-state index is 12.1. The number of hydrogen-bond acceptors (Lipinski definition) is 3. The number of carbonyl (C=O) groups is 1. The predicted molar refractivity (Wildman–Crippen MR) is 72.5 cm³/mol. The van der Waals surface area contributed by atoms with Crippen molar-refractivity contribution >= 4 is 5.97 Å². The molecule has 3 rings (SSSR count). The van der Waals surface area contributed by atoms with Crippen molar-refractivity contribution in [2.45, 2.75) is 31.8 Å². The normalized spacial score (nSPS) is 41.7. The Balaban J connectivity index is 1.91. The lowest BCUT2D eigenvalue weighted by Crippen LogP contribution is -2.30. The zero-order valence-corrected chi connectivity index (χ0v) is 11.6. The Hall–Kier alpha value is -1.09. The molecule has 0 aromatic heterocycles. The molecule has 0 aromatic carbocycles. The second-order valence-electron chi connectivity index (χ2n) is 6.15. The third-order valence-corrected chi connectivity index (χ3v) is 5.20. The first-order chi connectivity index (χ1) is 9.13. The molecule has 1 aliphatic heterocycles. The van der Waals surface area contributed by atoms with Crippen LogP contribution >= 0.6 is 0 Å². The van der Waals surface area contributed by atoms with Gasteiger partial charge in [0.25, 0.3) is 0 Å². The molecule has 2 saturated carbocycles. The summed E-state index contributed by atoms with van der Waals surface area (Å²) in [6.07, 6.45) is 4.17. The number of rotatable bonds is 2. The van der Waals surface area contributed by atoms with Gasteiger partial charge in [-0.25, -0.2) is 0 Å². The molecule has 2 aliphatic carbocycles. The first-order valence-electron chi connectivity index (χ1n) is 7.18. The highest BCUT2D eigenvalue weighted by Crippen LogP contribution is 2.52. The third-order valence-electron chi connectivity index (χ3n) is 5.20. The summed E-state index contributed by atoms with van der Waals surface area (Å²) in [7, 11) is 1.65. The number of hydrogen-bond donors (Lipinski definition) is 0. The van der Waals surface area contributed by atoms with E-state index in [4.69, 9.17) is 9.47 Å². The molecule has 3 aliphatic rings. The highest BCUT2D eigenvalue weighted by molar-refractivity contribution is 5.75. The van der Waals surface area contributed by atoms with E-state index in [2.05, 4.69) is 13.2 Å². The average molecular weight is 262 g/mol.